The molecule has 0 aromatic heterocycles. The lowest BCUT2D eigenvalue weighted by Gasteiger charge is -2.09. The van der Waals surface area contributed by atoms with Gasteiger partial charge in [-0.15, -0.1) is 0 Å². The second-order valence-electron chi connectivity index (χ2n) is 3.89. The van der Waals surface area contributed by atoms with Crippen LogP contribution in [0.3, 0.4) is 0 Å². The Morgan fingerprint density at radius 1 is 1.55 bits per heavy atom. The van der Waals surface area contributed by atoms with E-state index in [2.05, 4.69) is 15.9 Å². The van der Waals surface area contributed by atoms with Crippen molar-refractivity contribution in [2.75, 3.05) is 6.54 Å². The lowest BCUT2D eigenvalue weighted by atomic mass is 10.2. The van der Waals surface area contributed by atoms with Crippen molar-refractivity contribution in [1.29, 1.82) is 0 Å². The fraction of sp³-hybridized carbons (Fsp3) is 0.167. The van der Waals surface area contributed by atoms with Crippen molar-refractivity contribution in [1.82, 2.24) is 4.90 Å². The number of carbonyl (C=O) groups excluding carboxylic acids is 1. The Balaban J connectivity index is 2.37. The van der Waals surface area contributed by atoms with E-state index in [9.17, 15) is 14.9 Å². The first kappa shape index (κ1) is 15.1. The maximum absolute atomic E-state index is 12.0. The van der Waals surface area contributed by atoms with E-state index in [1.165, 1.54) is 22.7 Å². The van der Waals surface area contributed by atoms with Gasteiger partial charge in [0, 0.05) is 12.6 Å². The summed E-state index contributed by atoms with van der Waals surface area (Å²) in [5.41, 5.74) is 0.557. The van der Waals surface area contributed by atoms with Crippen LogP contribution < -0.4 is 0 Å². The highest BCUT2D eigenvalue weighted by molar-refractivity contribution is 9.10. The van der Waals surface area contributed by atoms with Crippen molar-refractivity contribution < 1.29 is 9.72 Å². The van der Waals surface area contributed by atoms with Crippen molar-refractivity contribution in [3.05, 3.63) is 43.3 Å². The summed E-state index contributed by atoms with van der Waals surface area (Å²) in [5, 5.41) is 10.9. The van der Waals surface area contributed by atoms with Crippen LogP contribution >= 0.6 is 39.9 Å². The van der Waals surface area contributed by atoms with Crippen molar-refractivity contribution in [2.45, 2.75) is 6.92 Å². The molecular weight excluding hydrogens is 364 g/mol. The highest BCUT2D eigenvalue weighted by atomic mass is 79.9. The van der Waals surface area contributed by atoms with E-state index in [4.69, 9.17) is 12.2 Å². The molecule has 1 saturated heterocycles. The molecule has 0 spiro atoms. The molecule has 1 aliphatic rings. The average Bonchev–Trinajstić information content (AvgIpc) is 2.66. The predicted molar refractivity (Wildman–Crippen MR) is 86.3 cm³/mol. The van der Waals surface area contributed by atoms with Crippen LogP contribution in [-0.2, 0) is 4.79 Å². The van der Waals surface area contributed by atoms with Gasteiger partial charge in [0.05, 0.1) is 14.3 Å². The average molecular weight is 373 g/mol. The van der Waals surface area contributed by atoms with E-state index in [1.54, 1.807) is 18.2 Å². The number of thiocarbonyl (C=S) groups is 1. The van der Waals surface area contributed by atoms with Gasteiger partial charge in [0.1, 0.15) is 4.32 Å². The molecule has 0 N–H and O–H groups in total. The van der Waals surface area contributed by atoms with Crippen LogP contribution in [0.5, 0.6) is 0 Å². The normalized spacial score (nSPS) is 17.1. The van der Waals surface area contributed by atoms with Gasteiger partial charge in [-0.1, -0.05) is 30.0 Å². The van der Waals surface area contributed by atoms with E-state index >= 15 is 0 Å². The van der Waals surface area contributed by atoms with Crippen LogP contribution in [0.4, 0.5) is 5.69 Å². The van der Waals surface area contributed by atoms with Crippen LogP contribution in [0.1, 0.15) is 12.5 Å². The standard InChI is InChI=1S/C12H9BrN2O3S2/c1-2-14-11(16)10(20-12(14)19)6-7-3-4-8(13)9(5-7)15(17)18/h3-6H,2H2,1H3/b10-6+. The van der Waals surface area contributed by atoms with Gasteiger partial charge in [-0.25, -0.2) is 0 Å². The van der Waals surface area contributed by atoms with E-state index in [0.29, 0.717) is 25.8 Å². The Morgan fingerprint density at radius 3 is 2.80 bits per heavy atom. The second-order valence-corrected chi connectivity index (χ2v) is 6.42. The molecular formula is C12H9BrN2O3S2. The zero-order chi connectivity index (χ0) is 14.9. The van der Waals surface area contributed by atoms with Gasteiger partial charge in [0.2, 0.25) is 0 Å². The fourth-order valence-electron chi connectivity index (χ4n) is 1.68. The number of amides is 1. The monoisotopic (exact) mass is 372 g/mol. The summed E-state index contributed by atoms with van der Waals surface area (Å²) in [6, 6.07) is 4.71. The van der Waals surface area contributed by atoms with Gasteiger partial charge in [0.15, 0.2) is 0 Å². The lowest BCUT2D eigenvalue weighted by molar-refractivity contribution is -0.385. The molecule has 1 aliphatic heterocycles. The molecule has 2 rings (SSSR count). The van der Waals surface area contributed by atoms with Gasteiger partial charge >= 0.3 is 0 Å². The van der Waals surface area contributed by atoms with E-state index in [-0.39, 0.29) is 11.6 Å². The third-order valence-electron chi connectivity index (χ3n) is 2.65. The van der Waals surface area contributed by atoms with Gasteiger partial charge in [-0.05, 0) is 40.6 Å². The maximum Gasteiger partial charge on any atom is 0.284 e. The number of rotatable bonds is 3. The zero-order valence-corrected chi connectivity index (χ0v) is 13.5. The summed E-state index contributed by atoms with van der Waals surface area (Å²) >= 11 is 9.44. The third kappa shape index (κ3) is 2.92. The molecule has 8 heteroatoms. The first-order chi connectivity index (χ1) is 9.43. The van der Waals surface area contributed by atoms with Crippen molar-refractivity contribution in [2.24, 2.45) is 0 Å². The molecule has 0 aliphatic carbocycles. The number of benzene rings is 1. The largest absolute Gasteiger partial charge is 0.293 e. The molecule has 1 aromatic rings. The zero-order valence-electron chi connectivity index (χ0n) is 10.3. The molecule has 1 heterocycles. The smallest absolute Gasteiger partial charge is 0.284 e. The highest BCUT2D eigenvalue weighted by Crippen LogP contribution is 2.33. The topological polar surface area (TPSA) is 63.5 Å². The van der Waals surface area contributed by atoms with Gasteiger partial charge < -0.3 is 0 Å². The summed E-state index contributed by atoms with van der Waals surface area (Å²) in [6.45, 7) is 2.36. The summed E-state index contributed by atoms with van der Waals surface area (Å²) in [4.78, 5) is 24.4. The van der Waals surface area contributed by atoms with Crippen LogP contribution in [0.15, 0.2) is 27.6 Å². The Hall–Kier alpha value is -1.25. The number of likely N-dealkylation sites (N-methyl/N-ethyl adjacent to an activating group) is 1. The summed E-state index contributed by atoms with van der Waals surface area (Å²) < 4.78 is 0.913. The maximum atomic E-state index is 12.0. The number of nitrogens with zero attached hydrogens (tertiary/aromatic N) is 2. The van der Waals surface area contributed by atoms with E-state index in [1.807, 2.05) is 6.92 Å². The number of nitro groups is 1. The van der Waals surface area contributed by atoms with Crippen molar-refractivity contribution in [3.8, 4) is 0 Å². The van der Waals surface area contributed by atoms with Gasteiger partial charge in [-0.2, -0.15) is 0 Å². The second kappa shape index (κ2) is 6.02. The van der Waals surface area contributed by atoms with Crippen LogP contribution in [0, 0.1) is 10.1 Å². The van der Waals surface area contributed by atoms with Gasteiger partial charge in [0.25, 0.3) is 11.6 Å². The summed E-state index contributed by atoms with van der Waals surface area (Å²) in [6.07, 6.45) is 1.62. The lowest BCUT2D eigenvalue weighted by Crippen LogP contribution is -2.27. The molecule has 104 valence electrons. The number of thioether (sulfide) groups is 1. The van der Waals surface area contributed by atoms with Crippen molar-refractivity contribution in [3.63, 3.8) is 0 Å². The van der Waals surface area contributed by atoms with Gasteiger partial charge in [-0.3, -0.25) is 19.8 Å². The van der Waals surface area contributed by atoms with E-state index < -0.39 is 4.92 Å². The minimum absolute atomic E-state index is 0.0373. The Labute approximate surface area is 133 Å². The Morgan fingerprint density at radius 2 is 2.25 bits per heavy atom. The molecule has 0 bridgehead atoms. The molecule has 0 unspecified atom stereocenters. The quantitative estimate of drug-likeness (QED) is 0.351. The molecule has 0 radical (unpaired) electrons. The number of halogens is 1. The SMILES string of the molecule is CCN1C(=O)/C(=C\c2ccc(Br)c([N+](=O)[O-])c2)SC1=S. The number of hydrogen-bond donors (Lipinski definition) is 0. The molecule has 1 aromatic carbocycles. The van der Waals surface area contributed by atoms with Crippen LogP contribution in [-0.4, -0.2) is 26.6 Å². The number of nitro benzene ring substituents is 1. The molecule has 20 heavy (non-hydrogen) atoms. The first-order valence-electron chi connectivity index (χ1n) is 5.63. The minimum Gasteiger partial charge on any atom is -0.293 e. The Kier molecular flexibility index (Phi) is 4.56. The first-order valence-corrected chi connectivity index (χ1v) is 7.65. The molecule has 1 amide bonds. The minimum atomic E-state index is -0.474. The number of carbonyl (C=O) groups is 1. The number of hydrogen-bond acceptors (Lipinski definition) is 5. The van der Waals surface area contributed by atoms with Crippen LogP contribution in [0.25, 0.3) is 6.08 Å². The molecule has 1 fully saturated rings. The van der Waals surface area contributed by atoms with Crippen LogP contribution in [0.2, 0.25) is 0 Å². The summed E-state index contributed by atoms with van der Waals surface area (Å²) in [5.74, 6) is -0.159. The van der Waals surface area contributed by atoms with E-state index in [0.717, 1.165) is 0 Å². The Bertz CT molecular complexity index is 646. The summed E-state index contributed by atoms with van der Waals surface area (Å²) in [7, 11) is 0. The predicted octanol–water partition coefficient (Wildman–Crippen LogP) is 3.58. The molecule has 0 atom stereocenters. The highest BCUT2D eigenvalue weighted by Gasteiger charge is 2.30. The molecule has 0 saturated carbocycles. The molecule has 5 nitrogen and oxygen atoms in total. The van der Waals surface area contributed by atoms with Crippen molar-refractivity contribution >= 4 is 61.9 Å². The fourth-order valence-corrected chi connectivity index (χ4v) is 3.46. The third-order valence-corrected chi connectivity index (χ3v) is 4.70.